The Morgan fingerprint density at radius 3 is 2.55 bits per heavy atom. The molecule has 1 atom stereocenters. The van der Waals surface area contributed by atoms with Crippen molar-refractivity contribution in [3.8, 4) is 5.75 Å². The second kappa shape index (κ2) is 7.10. The van der Waals surface area contributed by atoms with Crippen molar-refractivity contribution in [2.75, 3.05) is 7.11 Å². The number of aliphatic carboxylic acids is 1. The van der Waals surface area contributed by atoms with Crippen LogP contribution in [0.5, 0.6) is 5.75 Å². The first-order valence-electron chi connectivity index (χ1n) is 6.56. The molecule has 0 saturated heterocycles. The summed E-state index contributed by atoms with van der Waals surface area (Å²) >= 11 is 1.65. The van der Waals surface area contributed by atoms with Crippen LogP contribution in [0.15, 0.2) is 41.1 Å². The smallest absolute Gasteiger partial charge is 0.306 e. The van der Waals surface area contributed by atoms with Crippen molar-refractivity contribution in [1.82, 2.24) is 0 Å². The second-order valence-corrected chi connectivity index (χ2v) is 5.54. The molecular formula is C16H18O3S. The van der Waals surface area contributed by atoms with E-state index in [1.54, 1.807) is 18.4 Å². The van der Waals surface area contributed by atoms with Gasteiger partial charge in [0.2, 0.25) is 0 Å². The molecule has 0 amide bonds. The summed E-state index contributed by atoms with van der Waals surface area (Å²) in [7, 11) is 1.62. The third-order valence-corrected chi connectivity index (χ3v) is 4.08. The van der Waals surface area contributed by atoms with E-state index >= 15 is 0 Å². The van der Waals surface area contributed by atoms with E-state index in [0.717, 1.165) is 17.7 Å². The molecular weight excluding hydrogens is 272 g/mol. The minimum atomic E-state index is -0.726. The summed E-state index contributed by atoms with van der Waals surface area (Å²) in [6.45, 7) is 0. The van der Waals surface area contributed by atoms with Gasteiger partial charge in [0.15, 0.2) is 0 Å². The zero-order valence-corrected chi connectivity index (χ0v) is 12.2. The summed E-state index contributed by atoms with van der Waals surface area (Å²) in [6.07, 6.45) is 2.04. The summed E-state index contributed by atoms with van der Waals surface area (Å²) < 4.78 is 5.10. The van der Waals surface area contributed by atoms with Gasteiger partial charge in [-0.2, -0.15) is 11.3 Å². The number of methoxy groups -OCH3 is 1. The first-order valence-corrected chi connectivity index (χ1v) is 7.50. The van der Waals surface area contributed by atoms with Gasteiger partial charge in [0, 0.05) is 0 Å². The first-order chi connectivity index (χ1) is 9.69. The van der Waals surface area contributed by atoms with E-state index < -0.39 is 5.97 Å². The largest absolute Gasteiger partial charge is 0.497 e. The molecule has 2 aromatic rings. The number of carboxylic acid groups (broad SMARTS) is 1. The van der Waals surface area contributed by atoms with Crippen LogP contribution < -0.4 is 4.74 Å². The van der Waals surface area contributed by atoms with Crippen LogP contribution in [0.2, 0.25) is 0 Å². The molecule has 4 heteroatoms. The minimum Gasteiger partial charge on any atom is -0.497 e. The molecule has 0 radical (unpaired) electrons. The van der Waals surface area contributed by atoms with Crippen molar-refractivity contribution >= 4 is 17.3 Å². The highest BCUT2D eigenvalue weighted by Gasteiger charge is 2.18. The Balaban J connectivity index is 1.95. The zero-order valence-electron chi connectivity index (χ0n) is 11.4. The highest BCUT2D eigenvalue weighted by Crippen LogP contribution is 2.19. The van der Waals surface area contributed by atoms with Gasteiger partial charge in [0.1, 0.15) is 5.75 Å². The number of hydrogen-bond donors (Lipinski definition) is 1. The van der Waals surface area contributed by atoms with Gasteiger partial charge in [-0.15, -0.1) is 0 Å². The summed E-state index contributed by atoms with van der Waals surface area (Å²) in [5.74, 6) is -0.279. The minimum absolute atomic E-state index is 0.344. The lowest BCUT2D eigenvalue weighted by Crippen LogP contribution is -2.17. The Morgan fingerprint density at radius 2 is 2.00 bits per heavy atom. The highest BCUT2D eigenvalue weighted by molar-refractivity contribution is 7.07. The van der Waals surface area contributed by atoms with Crippen molar-refractivity contribution in [3.63, 3.8) is 0 Å². The Kier molecular flexibility index (Phi) is 5.18. The van der Waals surface area contributed by atoms with Gasteiger partial charge in [0.05, 0.1) is 13.0 Å². The standard InChI is InChI=1S/C16H18O3S/c1-19-15-6-3-12(4-7-15)10-14(16(17)18)5-2-13-8-9-20-11-13/h3-4,6-9,11,14H,2,5,10H2,1H3,(H,17,18). The van der Waals surface area contributed by atoms with Gasteiger partial charge in [-0.25, -0.2) is 0 Å². The van der Waals surface area contributed by atoms with E-state index in [9.17, 15) is 9.90 Å². The van der Waals surface area contributed by atoms with Gasteiger partial charge >= 0.3 is 5.97 Å². The summed E-state index contributed by atoms with van der Waals surface area (Å²) in [4.78, 5) is 11.4. The molecule has 2 rings (SSSR count). The van der Waals surface area contributed by atoms with E-state index in [1.807, 2.05) is 29.6 Å². The van der Waals surface area contributed by atoms with Crippen LogP contribution in [0.1, 0.15) is 17.5 Å². The molecule has 0 bridgehead atoms. The Labute approximate surface area is 122 Å². The number of benzene rings is 1. The predicted octanol–water partition coefficient (Wildman–Crippen LogP) is 3.63. The van der Waals surface area contributed by atoms with Crippen LogP contribution in [-0.2, 0) is 17.6 Å². The quantitative estimate of drug-likeness (QED) is 0.847. The molecule has 1 aromatic carbocycles. The van der Waals surface area contributed by atoms with Crippen LogP contribution >= 0.6 is 11.3 Å². The highest BCUT2D eigenvalue weighted by atomic mass is 32.1. The maximum absolute atomic E-state index is 11.4. The van der Waals surface area contributed by atoms with Crippen molar-refractivity contribution in [2.45, 2.75) is 19.3 Å². The second-order valence-electron chi connectivity index (χ2n) is 4.76. The van der Waals surface area contributed by atoms with Crippen LogP contribution in [0.4, 0.5) is 0 Å². The molecule has 20 heavy (non-hydrogen) atoms. The lowest BCUT2D eigenvalue weighted by Gasteiger charge is -2.12. The molecule has 0 aliphatic heterocycles. The monoisotopic (exact) mass is 290 g/mol. The molecule has 0 fully saturated rings. The summed E-state index contributed by atoms with van der Waals surface area (Å²) in [5, 5.41) is 13.4. The molecule has 0 spiro atoms. The number of carboxylic acids is 1. The lowest BCUT2D eigenvalue weighted by molar-refractivity contribution is -0.141. The van der Waals surface area contributed by atoms with E-state index in [2.05, 4.69) is 11.4 Å². The number of aryl methyl sites for hydroxylation is 1. The average molecular weight is 290 g/mol. The van der Waals surface area contributed by atoms with Crippen molar-refractivity contribution in [3.05, 3.63) is 52.2 Å². The topological polar surface area (TPSA) is 46.5 Å². The molecule has 1 heterocycles. The van der Waals surface area contributed by atoms with Crippen LogP contribution in [0.25, 0.3) is 0 Å². The van der Waals surface area contributed by atoms with Gasteiger partial charge in [-0.05, 0) is 59.3 Å². The van der Waals surface area contributed by atoms with Crippen molar-refractivity contribution < 1.29 is 14.6 Å². The Hall–Kier alpha value is -1.81. The fourth-order valence-electron chi connectivity index (χ4n) is 2.13. The van der Waals surface area contributed by atoms with E-state index in [-0.39, 0.29) is 5.92 Å². The first kappa shape index (κ1) is 14.6. The number of carbonyl (C=O) groups is 1. The van der Waals surface area contributed by atoms with Gasteiger partial charge in [0.25, 0.3) is 0 Å². The van der Waals surface area contributed by atoms with E-state index in [0.29, 0.717) is 12.8 Å². The normalized spacial score (nSPS) is 12.1. The molecule has 0 aliphatic rings. The lowest BCUT2D eigenvalue weighted by atomic mass is 9.93. The zero-order chi connectivity index (χ0) is 14.4. The molecule has 1 N–H and O–H groups in total. The molecule has 0 saturated carbocycles. The predicted molar refractivity (Wildman–Crippen MR) is 80.5 cm³/mol. The molecule has 3 nitrogen and oxygen atoms in total. The van der Waals surface area contributed by atoms with Gasteiger partial charge in [-0.3, -0.25) is 4.79 Å². The molecule has 106 valence electrons. The molecule has 1 aromatic heterocycles. The van der Waals surface area contributed by atoms with Crippen molar-refractivity contribution in [2.24, 2.45) is 5.92 Å². The van der Waals surface area contributed by atoms with E-state index in [1.165, 1.54) is 5.56 Å². The number of ether oxygens (including phenoxy) is 1. The Morgan fingerprint density at radius 1 is 1.25 bits per heavy atom. The summed E-state index contributed by atoms with van der Waals surface area (Å²) in [6, 6.07) is 9.65. The maximum Gasteiger partial charge on any atom is 0.306 e. The SMILES string of the molecule is COc1ccc(CC(CCc2ccsc2)C(=O)O)cc1. The Bertz CT molecular complexity index is 531. The van der Waals surface area contributed by atoms with Crippen LogP contribution in [-0.4, -0.2) is 18.2 Å². The fourth-order valence-corrected chi connectivity index (χ4v) is 2.84. The third kappa shape index (κ3) is 4.10. The maximum atomic E-state index is 11.4. The molecule has 0 aliphatic carbocycles. The van der Waals surface area contributed by atoms with Crippen LogP contribution in [0.3, 0.4) is 0 Å². The number of hydrogen-bond acceptors (Lipinski definition) is 3. The fraction of sp³-hybridized carbons (Fsp3) is 0.312. The molecule has 1 unspecified atom stereocenters. The van der Waals surface area contributed by atoms with E-state index in [4.69, 9.17) is 4.74 Å². The van der Waals surface area contributed by atoms with Crippen LogP contribution in [0, 0.1) is 5.92 Å². The van der Waals surface area contributed by atoms with Gasteiger partial charge < -0.3 is 9.84 Å². The number of thiophene rings is 1. The average Bonchev–Trinajstić information content (AvgIpc) is 2.97. The third-order valence-electron chi connectivity index (χ3n) is 3.35. The summed E-state index contributed by atoms with van der Waals surface area (Å²) in [5.41, 5.74) is 2.25. The van der Waals surface area contributed by atoms with Crippen molar-refractivity contribution in [1.29, 1.82) is 0 Å². The van der Waals surface area contributed by atoms with Gasteiger partial charge in [-0.1, -0.05) is 12.1 Å². The number of rotatable bonds is 7.